The van der Waals surface area contributed by atoms with Crippen LogP contribution in [0.25, 0.3) is 0 Å². The van der Waals surface area contributed by atoms with Gasteiger partial charge >= 0.3 is 0 Å². The fourth-order valence-electron chi connectivity index (χ4n) is 2.18. The first kappa shape index (κ1) is 16.2. The predicted octanol–water partition coefficient (Wildman–Crippen LogP) is 3.76. The summed E-state index contributed by atoms with van der Waals surface area (Å²) in [6.07, 6.45) is 0.905. The molecule has 1 heterocycles. The van der Waals surface area contributed by atoms with Crippen LogP contribution in [0.2, 0.25) is 0 Å². The molecule has 0 bridgehead atoms. The molecule has 4 nitrogen and oxygen atoms in total. The Morgan fingerprint density at radius 1 is 1.14 bits per heavy atom. The van der Waals surface area contributed by atoms with Crippen LogP contribution in [0.5, 0.6) is 0 Å². The molecule has 0 spiro atoms. The quantitative estimate of drug-likeness (QED) is 0.882. The first-order valence-corrected chi connectivity index (χ1v) is 8.12. The van der Waals surface area contributed by atoms with Gasteiger partial charge < -0.3 is 10.2 Å². The molecular weight excluding hydrogens is 296 g/mol. The van der Waals surface area contributed by atoms with E-state index in [2.05, 4.69) is 12.2 Å². The van der Waals surface area contributed by atoms with Gasteiger partial charge in [0.15, 0.2) is 0 Å². The average Bonchev–Trinajstić information content (AvgIpc) is 2.95. The Hall–Kier alpha value is -2.14. The molecule has 116 valence electrons. The van der Waals surface area contributed by atoms with Crippen molar-refractivity contribution in [2.75, 3.05) is 11.9 Å². The summed E-state index contributed by atoms with van der Waals surface area (Å²) in [4.78, 5) is 26.2. The molecule has 0 fully saturated rings. The zero-order valence-electron chi connectivity index (χ0n) is 12.8. The number of nitrogens with one attached hydrogen (secondary N) is 1. The molecule has 1 aromatic heterocycles. The number of amides is 2. The fraction of sp³-hybridized carbons (Fsp3) is 0.294. The van der Waals surface area contributed by atoms with Gasteiger partial charge in [0.25, 0.3) is 5.91 Å². The van der Waals surface area contributed by atoms with Crippen molar-refractivity contribution < 1.29 is 9.59 Å². The number of thiophene rings is 1. The van der Waals surface area contributed by atoms with Crippen molar-refractivity contribution in [2.45, 2.75) is 26.8 Å². The minimum absolute atomic E-state index is 0.00676. The standard InChI is InChI=1S/C17H20N2O2S/c1-3-11-19(12-14-7-5-4-6-8-14)17(21)15-9-10-16(22-15)18-13(2)20/h4-10H,3,11-12H2,1-2H3,(H,18,20). The van der Waals surface area contributed by atoms with E-state index in [1.807, 2.05) is 35.2 Å². The van der Waals surface area contributed by atoms with E-state index >= 15 is 0 Å². The minimum Gasteiger partial charge on any atom is -0.334 e. The van der Waals surface area contributed by atoms with Gasteiger partial charge in [-0.3, -0.25) is 9.59 Å². The van der Waals surface area contributed by atoms with Crippen LogP contribution in [0.15, 0.2) is 42.5 Å². The van der Waals surface area contributed by atoms with E-state index < -0.39 is 0 Å². The van der Waals surface area contributed by atoms with Crippen LogP contribution < -0.4 is 5.32 Å². The smallest absolute Gasteiger partial charge is 0.264 e. The Balaban J connectivity index is 2.12. The largest absolute Gasteiger partial charge is 0.334 e. The van der Waals surface area contributed by atoms with Crippen LogP contribution in [-0.2, 0) is 11.3 Å². The minimum atomic E-state index is -0.129. The highest BCUT2D eigenvalue weighted by atomic mass is 32.1. The number of hydrogen-bond donors (Lipinski definition) is 1. The second-order valence-corrected chi connectivity index (χ2v) is 6.14. The molecule has 0 unspecified atom stereocenters. The first-order valence-electron chi connectivity index (χ1n) is 7.30. The molecule has 0 saturated carbocycles. The number of nitrogens with zero attached hydrogens (tertiary/aromatic N) is 1. The highest BCUT2D eigenvalue weighted by molar-refractivity contribution is 7.18. The van der Waals surface area contributed by atoms with Crippen molar-refractivity contribution >= 4 is 28.2 Å². The summed E-state index contributed by atoms with van der Waals surface area (Å²) in [6, 6.07) is 13.5. The van der Waals surface area contributed by atoms with Gasteiger partial charge in [0, 0.05) is 20.0 Å². The number of carbonyl (C=O) groups excluding carboxylic acids is 2. The van der Waals surface area contributed by atoms with Crippen LogP contribution in [0.1, 0.15) is 35.5 Å². The second kappa shape index (κ2) is 7.75. The van der Waals surface area contributed by atoms with Crippen molar-refractivity contribution in [3.05, 3.63) is 52.9 Å². The maximum Gasteiger partial charge on any atom is 0.264 e. The molecule has 0 aliphatic carbocycles. The van der Waals surface area contributed by atoms with E-state index in [0.717, 1.165) is 12.0 Å². The van der Waals surface area contributed by atoms with E-state index in [-0.39, 0.29) is 11.8 Å². The number of anilines is 1. The van der Waals surface area contributed by atoms with Crippen LogP contribution in [0, 0.1) is 0 Å². The third kappa shape index (κ3) is 4.43. The topological polar surface area (TPSA) is 49.4 Å². The summed E-state index contributed by atoms with van der Waals surface area (Å²) >= 11 is 1.31. The lowest BCUT2D eigenvalue weighted by Gasteiger charge is -2.21. The molecular formula is C17H20N2O2S. The number of hydrogen-bond acceptors (Lipinski definition) is 3. The Kier molecular flexibility index (Phi) is 5.72. The second-order valence-electron chi connectivity index (χ2n) is 5.06. The highest BCUT2D eigenvalue weighted by Crippen LogP contribution is 2.24. The maximum atomic E-state index is 12.7. The molecule has 0 radical (unpaired) electrons. The molecule has 2 aromatic rings. The van der Waals surface area contributed by atoms with Crippen LogP contribution in [0.3, 0.4) is 0 Å². The van der Waals surface area contributed by atoms with Crippen LogP contribution in [-0.4, -0.2) is 23.3 Å². The summed E-state index contributed by atoms with van der Waals surface area (Å²) in [5.41, 5.74) is 1.11. The lowest BCUT2D eigenvalue weighted by atomic mass is 10.2. The van der Waals surface area contributed by atoms with E-state index in [1.54, 1.807) is 12.1 Å². The Labute approximate surface area is 134 Å². The molecule has 0 saturated heterocycles. The maximum absolute atomic E-state index is 12.7. The summed E-state index contributed by atoms with van der Waals surface area (Å²) < 4.78 is 0. The van der Waals surface area contributed by atoms with Gasteiger partial charge in [0.05, 0.1) is 9.88 Å². The van der Waals surface area contributed by atoms with Gasteiger partial charge in [0.2, 0.25) is 5.91 Å². The summed E-state index contributed by atoms with van der Waals surface area (Å²) in [5.74, 6) is -0.122. The molecule has 2 rings (SSSR count). The van der Waals surface area contributed by atoms with Gasteiger partial charge in [-0.2, -0.15) is 0 Å². The lowest BCUT2D eigenvalue weighted by Crippen LogP contribution is -2.30. The fourth-order valence-corrected chi connectivity index (χ4v) is 3.10. The van der Waals surface area contributed by atoms with Crippen LogP contribution >= 0.6 is 11.3 Å². The summed E-state index contributed by atoms with van der Waals surface area (Å²) in [6.45, 7) is 4.82. The molecule has 1 aromatic carbocycles. The number of carbonyl (C=O) groups is 2. The molecule has 5 heteroatoms. The average molecular weight is 316 g/mol. The summed E-state index contributed by atoms with van der Waals surface area (Å²) in [7, 11) is 0. The molecule has 0 atom stereocenters. The third-order valence-electron chi connectivity index (χ3n) is 3.11. The van der Waals surface area contributed by atoms with Gasteiger partial charge in [-0.05, 0) is 24.1 Å². The van der Waals surface area contributed by atoms with Gasteiger partial charge in [-0.15, -0.1) is 11.3 Å². The predicted molar refractivity (Wildman–Crippen MR) is 90.1 cm³/mol. The van der Waals surface area contributed by atoms with Crippen molar-refractivity contribution in [2.24, 2.45) is 0 Å². The Morgan fingerprint density at radius 2 is 1.86 bits per heavy atom. The third-order valence-corrected chi connectivity index (χ3v) is 4.10. The molecule has 22 heavy (non-hydrogen) atoms. The van der Waals surface area contributed by atoms with E-state index in [4.69, 9.17) is 0 Å². The van der Waals surface area contributed by atoms with Crippen molar-refractivity contribution in [3.63, 3.8) is 0 Å². The van der Waals surface area contributed by atoms with E-state index in [1.165, 1.54) is 18.3 Å². The van der Waals surface area contributed by atoms with Crippen molar-refractivity contribution in [1.29, 1.82) is 0 Å². The van der Waals surface area contributed by atoms with Crippen molar-refractivity contribution in [1.82, 2.24) is 4.90 Å². The molecule has 0 aliphatic rings. The van der Waals surface area contributed by atoms with Gasteiger partial charge in [0.1, 0.15) is 0 Å². The lowest BCUT2D eigenvalue weighted by molar-refractivity contribution is -0.114. The number of benzene rings is 1. The van der Waals surface area contributed by atoms with Crippen LogP contribution in [0.4, 0.5) is 5.00 Å². The normalized spacial score (nSPS) is 10.3. The molecule has 0 aliphatic heterocycles. The monoisotopic (exact) mass is 316 g/mol. The molecule has 1 N–H and O–H groups in total. The van der Waals surface area contributed by atoms with E-state index in [0.29, 0.717) is 23.0 Å². The number of rotatable bonds is 6. The van der Waals surface area contributed by atoms with Gasteiger partial charge in [-0.25, -0.2) is 0 Å². The summed E-state index contributed by atoms with van der Waals surface area (Å²) in [5, 5.41) is 3.41. The van der Waals surface area contributed by atoms with E-state index in [9.17, 15) is 9.59 Å². The first-order chi connectivity index (χ1) is 10.6. The van der Waals surface area contributed by atoms with Crippen molar-refractivity contribution in [3.8, 4) is 0 Å². The van der Waals surface area contributed by atoms with Gasteiger partial charge in [-0.1, -0.05) is 37.3 Å². The SMILES string of the molecule is CCCN(Cc1ccccc1)C(=O)c1ccc(NC(C)=O)s1. The zero-order valence-corrected chi connectivity index (χ0v) is 13.7. The molecule has 2 amide bonds. The highest BCUT2D eigenvalue weighted by Gasteiger charge is 2.17. The Bertz CT molecular complexity index is 637. The zero-order chi connectivity index (χ0) is 15.9. The Morgan fingerprint density at radius 3 is 2.50 bits per heavy atom.